The Morgan fingerprint density at radius 2 is 2.36 bits per heavy atom. The van der Waals surface area contributed by atoms with Crippen LogP contribution in [0.4, 0.5) is 0 Å². The van der Waals surface area contributed by atoms with Crippen molar-refractivity contribution in [3.63, 3.8) is 0 Å². The first-order valence-electron chi connectivity index (χ1n) is 3.88. The van der Waals surface area contributed by atoms with E-state index < -0.39 is 5.97 Å². The summed E-state index contributed by atoms with van der Waals surface area (Å²) in [6.45, 7) is 3.62. The predicted octanol–water partition coefficient (Wildman–Crippen LogP) is 0.588. The Morgan fingerprint density at radius 1 is 1.64 bits per heavy atom. The summed E-state index contributed by atoms with van der Waals surface area (Å²) in [4.78, 5) is 11.2. The molecule has 0 radical (unpaired) electrons. The maximum absolute atomic E-state index is 11.2. The van der Waals surface area contributed by atoms with Crippen LogP contribution in [0.3, 0.4) is 0 Å². The fourth-order valence-electron chi connectivity index (χ4n) is 0.763. The second-order valence-corrected chi connectivity index (χ2v) is 3.48. The van der Waals surface area contributed by atoms with Crippen LogP contribution in [0.15, 0.2) is 5.16 Å². The minimum Gasteiger partial charge on any atom is -0.461 e. The Labute approximate surface area is 84.2 Å². The minimum atomic E-state index is -0.703. The van der Waals surface area contributed by atoms with Crippen LogP contribution in [0.1, 0.15) is 16.9 Å². The molecule has 76 valence electrons. The van der Waals surface area contributed by atoms with Crippen LogP contribution in [-0.2, 0) is 9.53 Å². The third-order valence-corrected chi connectivity index (χ3v) is 2.14. The topological polar surface area (TPSA) is 84.7 Å². The summed E-state index contributed by atoms with van der Waals surface area (Å²) >= 11 is 1.16. The number of nitrogens with zero attached hydrogens (tertiary/aromatic N) is 3. The molecule has 0 aliphatic rings. The van der Waals surface area contributed by atoms with Gasteiger partial charge in [0.25, 0.3) is 0 Å². The summed E-state index contributed by atoms with van der Waals surface area (Å²) in [7, 11) is 0. The van der Waals surface area contributed by atoms with Crippen molar-refractivity contribution in [1.82, 2.24) is 10.2 Å². The number of esters is 1. The number of hydrogen-bond acceptors (Lipinski definition) is 7. The lowest BCUT2D eigenvalue weighted by Crippen LogP contribution is -2.18. The first-order valence-corrected chi connectivity index (χ1v) is 4.70. The van der Waals surface area contributed by atoms with Gasteiger partial charge in [-0.15, -0.1) is 10.2 Å². The van der Waals surface area contributed by atoms with Crippen LogP contribution in [0.25, 0.3) is 0 Å². The van der Waals surface area contributed by atoms with Gasteiger partial charge in [-0.25, -0.2) is 4.79 Å². The highest BCUT2D eigenvalue weighted by Gasteiger charge is 2.20. The second kappa shape index (κ2) is 4.66. The Hall–Kier alpha value is -1.50. The molecule has 1 aromatic rings. The van der Waals surface area contributed by atoms with Crippen LogP contribution in [0, 0.1) is 6.92 Å². The highest BCUT2D eigenvalue weighted by atomic mass is 32.1. The SMILES string of the molecule is CCOC(=O)C(=NO)c1nnc(C)s1. The summed E-state index contributed by atoms with van der Waals surface area (Å²) in [5.41, 5.74) is -0.211. The highest BCUT2D eigenvalue weighted by molar-refractivity contribution is 7.14. The molecule has 0 fully saturated rings. The predicted molar refractivity (Wildman–Crippen MR) is 49.6 cm³/mol. The zero-order valence-corrected chi connectivity index (χ0v) is 8.54. The van der Waals surface area contributed by atoms with E-state index in [9.17, 15) is 4.79 Å². The van der Waals surface area contributed by atoms with E-state index in [1.807, 2.05) is 0 Å². The number of aryl methyl sites for hydroxylation is 1. The average Bonchev–Trinajstić information content (AvgIpc) is 2.54. The molecule has 0 unspecified atom stereocenters. The first kappa shape index (κ1) is 10.6. The van der Waals surface area contributed by atoms with Crippen LogP contribution in [0.2, 0.25) is 0 Å². The molecule has 0 saturated carbocycles. The van der Waals surface area contributed by atoms with E-state index in [0.29, 0.717) is 5.01 Å². The number of aromatic nitrogens is 2. The van der Waals surface area contributed by atoms with E-state index in [2.05, 4.69) is 20.1 Å². The van der Waals surface area contributed by atoms with Gasteiger partial charge in [0.1, 0.15) is 5.01 Å². The number of carbonyl (C=O) groups is 1. The molecule has 1 aromatic heterocycles. The fraction of sp³-hybridized carbons (Fsp3) is 0.429. The minimum absolute atomic E-state index is 0.211. The first-order chi connectivity index (χ1) is 6.69. The quantitative estimate of drug-likeness (QED) is 0.345. The van der Waals surface area contributed by atoms with Gasteiger partial charge in [-0.3, -0.25) is 0 Å². The van der Waals surface area contributed by atoms with E-state index in [-0.39, 0.29) is 17.3 Å². The van der Waals surface area contributed by atoms with Gasteiger partial charge >= 0.3 is 5.97 Å². The van der Waals surface area contributed by atoms with Crippen molar-refractivity contribution in [2.45, 2.75) is 13.8 Å². The molecule has 0 amide bonds. The molecule has 1 rings (SSSR count). The van der Waals surface area contributed by atoms with Gasteiger partial charge in [0.2, 0.25) is 5.71 Å². The number of oxime groups is 1. The molecule has 14 heavy (non-hydrogen) atoms. The van der Waals surface area contributed by atoms with Crippen molar-refractivity contribution in [1.29, 1.82) is 0 Å². The largest absolute Gasteiger partial charge is 0.461 e. The summed E-state index contributed by atoms with van der Waals surface area (Å²) in [5.74, 6) is -0.703. The lowest BCUT2D eigenvalue weighted by Gasteiger charge is -1.99. The van der Waals surface area contributed by atoms with E-state index in [0.717, 1.165) is 11.3 Å². The average molecular weight is 215 g/mol. The highest BCUT2D eigenvalue weighted by Crippen LogP contribution is 2.10. The zero-order valence-electron chi connectivity index (χ0n) is 7.72. The molecule has 0 atom stereocenters. The molecule has 0 aromatic carbocycles. The summed E-state index contributed by atoms with van der Waals surface area (Å²) in [6.07, 6.45) is 0. The van der Waals surface area contributed by atoms with Crippen LogP contribution < -0.4 is 0 Å². The third kappa shape index (κ3) is 2.25. The van der Waals surface area contributed by atoms with Gasteiger partial charge in [0.15, 0.2) is 5.01 Å². The van der Waals surface area contributed by atoms with Crippen molar-refractivity contribution in [2.24, 2.45) is 5.16 Å². The Bertz CT molecular complexity index is 361. The van der Waals surface area contributed by atoms with Gasteiger partial charge in [0, 0.05) is 0 Å². The van der Waals surface area contributed by atoms with Crippen LogP contribution in [-0.4, -0.2) is 33.7 Å². The van der Waals surface area contributed by atoms with E-state index in [1.165, 1.54) is 0 Å². The van der Waals surface area contributed by atoms with E-state index >= 15 is 0 Å². The van der Waals surface area contributed by atoms with E-state index in [4.69, 9.17) is 5.21 Å². The lowest BCUT2D eigenvalue weighted by atomic mass is 10.4. The third-order valence-electron chi connectivity index (χ3n) is 1.30. The molecular formula is C7H9N3O3S. The maximum atomic E-state index is 11.2. The van der Waals surface area contributed by atoms with Gasteiger partial charge in [-0.1, -0.05) is 16.5 Å². The summed E-state index contributed by atoms with van der Waals surface area (Å²) < 4.78 is 4.67. The normalized spacial score (nSPS) is 11.4. The summed E-state index contributed by atoms with van der Waals surface area (Å²) in [5, 5.41) is 19.8. The number of rotatable bonds is 3. The number of ether oxygens (including phenoxy) is 1. The monoisotopic (exact) mass is 215 g/mol. The van der Waals surface area contributed by atoms with Gasteiger partial charge in [-0.2, -0.15) is 0 Å². The molecule has 0 aliphatic carbocycles. The molecule has 0 spiro atoms. The Balaban J connectivity index is 2.88. The van der Waals surface area contributed by atoms with Gasteiger partial charge in [0.05, 0.1) is 6.61 Å². The molecular weight excluding hydrogens is 206 g/mol. The van der Waals surface area contributed by atoms with Crippen molar-refractivity contribution in [2.75, 3.05) is 6.61 Å². The van der Waals surface area contributed by atoms with Crippen molar-refractivity contribution >= 4 is 23.0 Å². The molecule has 1 heterocycles. The van der Waals surface area contributed by atoms with Gasteiger partial charge in [-0.05, 0) is 13.8 Å². The lowest BCUT2D eigenvalue weighted by molar-refractivity contribution is -0.135. The molecule has 0 saturated heterocycles. The Morgan fingerprint density at radius 3 is 2.79 bits per heavy atom. The smallest absolute Gasteiger partial charge is 0.363 e. The van der Waals surface area contributed by atoms with Crippen molar-refractivity contribution in [3.05, 3.63) is 10.0 Å². The molecule has 6 nitrogen and oxygen atoms in total. The Kier molecular flexibility index (Phi) is 3.52. The molecule has 0 aliphatic heterocycles. The van der Waals surface area contributed by atoms with E-state index in [1.54, 1.807) is 13.8 Å². The number of carbonyl (C=O) groups excluding carboxylic acids is 1. The van der Waals surface area contributed by atoms with Crippen LogP contribution >= 0.6 is 11.3 Å². The van der Waals surface area contributed by atoms with Crippen LogP contribution in [0.5, 0.6) is 0 Å². The fourth-order valence-corrected chi connectivity index (χ4v) is 1.43. The molecule has 0 bridgehead atoms. The van der Waals surface area contributed by atoms with Crippen molar-refractivity contribution < 1.29 is 14.7 Å². The zero-order chi connectivity index (χ0) is 10.6. The van der Waals surface area contributed by atoms with Crippen molar-refractivity contribution in [3.8, 4) is 0 Å². The number of hydrogen-bond donors (Lipinski definition) is 1. The second-order valence-electron chi connectivity index (χ2n) is 2.30. The molecule has 1 N–H and O–H groups in total. The molecule has 7 heteroatoms. The summed E-state index contributed by atoms with van der Waals surface area (Å²) in [6, 6.07) is 0. The van der Waals surface area contributed by atoms with Gasteiger partial charge < -0.3 is 9.94 Å². The standard InChI is InChI=1S/C7H9N3O3S/c1-3-13-7(11)5(10-12)6-9-8-4(2)14-6/h12H,3H2,1-2H3. The maximum Gasteiger partial charge on any atom is 0.363 e.